The predicted molar refractivity (Wildman–Crippen MR) is 162 cm³/mol. The molecule has 3 aromatic carbocycles. The van der Waals surface area contributed by atoms with Gasteiger partial charge in [-0.2, -0.15) is 0 Å². The molecule has 0 radical (unpaired) electrons. The van der Waals surface area contributed by atoms with Crippen LogP contribution in [-0.4, -0.2) is 50.5 Å². The van der Waals surface area contributed by atoms with Crippen LogP contribution in [0, 0.1) is 0 Å². The van der Waals surface area contributed by atoms with Gasteiger partial charge in [-0.1, -0.05) is 78.7 Å². The number of hydrogen-bond acceptors (Lipinski definition) is 4. The van der Waals surface area contributed by atoms with Crippen molar-refractivity contribution < 1.29 is 18.0 Å². The molecule has 3 aromatic rings. The van der Waals surface area contributed by atoms with Crippen LogP contribution in [0.15, 0.2) is 78.9 Å². The summed E-state index contributed by atoms with van der Waals surface area (Å²) >= 11 is 12.4. The van der Waals surface area contributed by atoms with Crippen molar-refractivity contribution in [3.05, 3.63) is 100 Å². The van der Waals surface area contributed by atoms with Crippen molar-refractivity contribution in [3.8, 4) is 0 Å². The lowest BCUT2D eigenvalue weighted by molar-refractivity contribution is -0.141. The molecule has 0 aliphatic carbocycles. The fourth-order valence-electron chi connectivity index (χ4n) is 4.34. The van der Waals surface area contributed by atoms with Gasteiger partial charge in [-0.15, -0.1) is 0 Å². The lowest BCUT2D eigenvalue weighted by Crippen LogP contribution is -2.50. The van der Waals surface area contributed by atoms with E-state index in [-0.39, 0.29) is 37.7 Å². The maximum Gasteiger partial charge on any atom is 0.243 e. The van der Waals surface area contributed by atoms with E-state index in [1.807, 2.05) is 55.5 Å². The Hall–Kier alpha value is -3.07. The van der Waals surface area contributed by atoms with Crippen LogP contribution < -0.4 is 9.62 Å². The lowest BCUT2D eigenvalue weighted by atomic mass is 10.0. The number of nitrogens with one attached hydrogen (secondary N) is 1. The summed E-state index contributed by atoms with van der Waals surface area (Å²) < 4.78 is 26.3. The molecule has 0 aliphatic heterocycles. The van der Waals surface area contributed by atoms with Crippen LogP contribution in [0.1, 0.15) is 37.3 Å². The van der Waals surface area contributed by atoms with Gasteiger partial charge in [-0.3, -0.25) is 13.9 Å². The van der Waals surface area contributed by atoms with Crippen molar-refractivity contribution in [3.63, 3.8) is 0 Å². The second-order valence-electron chi connectivity index (χ2n) is 9.52. The number of nitrogens with zero attached hydrogens (tertiary/aromatic N) is 2. The Morgan fingerprint density at radius 3 is 2.20 bits per heavy atom. The predicted octanol–water partition coefficient (Wildman–Crippen LogP) is 5.71. The van der Waals surface area contributed by atoms with Gasteiger partial charge in [-0.05, 0) is 54.3 Å². The van der Waals surface area contributed by atoms with E-state index in [2.05, 4.69) is 5.32 Å². The molecular weight excluding hydrogens is 569 g/mol. The quantitative estimate of drug-likeness (QED) is 0.256. The van der Waals surface area contributed by atoms with E-state index in [0.29, 0.717) is 28.7 Å². The number of benzene rings is 3. The van der Waals surface area contributed by atoms with Gasteiger partial charge in [0.05, 0.1) is 11.9 Å². The molecule has 1 N–H and O–H groups in total. The third-order valence-corrected chi connectivity index (χ3v) is 8.20. The van der Waals surface area contributed by atoms with Gasteiger partial charge in [0.1, 0.15) is 6.04 Å². The Bertz CT molecular complexity index is 1370. The summed E-state index contributed by atoms with van der Waals surface area (Å²) in [6.45, 7) is 2.69. The zero-order valence-corrected chi connectivity index (χ0v) is 25.1. The van der Waals surface area contributed by atoms with Gasteiger partial charge in [0.25, 0.3) is 0 Å². The van der Waals surface area contributed by atoms with Crippen molar-refractivity contribution >= 4 is 50.7 Å². The van der Waals surface area contributed by atoms with E-state index < -0.39 is 16.1 Å². The molecule has 3 rings (SSSR count). The van der Waals surface area contributed by atoms with E-state index in [9.17, 15) is 18.0 Å². The highest BCUT2D eigenvalue weighted by molar-refractivity contribution is 7.92. The van der Waals surface area contributed by atoms with Gasteiger partial charge in [0, 0.05) is 42.5 Å². The maximum atomic E-state index is 13.8. The summed E-state index contributed by atoms with van der Waals surface area (Å²) in [5.41, 5.74) is 2.10. The van der Waals surface area contributed by atoms with Crippen LogP contribution >= 0.6 is 23.2 Å². The number of halogens is 2. The number of sulfonamides is 1. The fraction of sp³-hybridized carbons (Fsp3) is 0.333. The molecule has 0 saturated heterocycles. The largest absolute Gasteiger partial charge is 0.354 e. The highest BCUT2D eigenvalue weighted by Gasteiger charge is 2.30. The minimum atomic E-state index is -3.60. The second kappa shape index (κ2) is 15.1. The lowest BCUT2D eigenvalue weighted by Gasteiger charge is -2.32. The molecule has 0 bridgehead atoms. The average molecular weight is 605 g/mol. The molecule has 0 aliphatic rings. The molecule has 10 heteroatoms. The fourth-order valence-corrected chi connectivity index (χ4v) is 5.63. The molecule has 0 spiro atoms. The first-order chi connectivity index (χ1) is 19.1. The number of carbonyl (C=O) groups excluding carboxylic acids is 2. The monoisotopic (exact) mass is 603 g/mol. The topological polar surface area (TPSA) is 86.8 Å². The first-order valence-electron chi connectivity index (χ1n) is 13.2. The van der Waals surface area contributed by atoms with E-state index in [1.54, 1.807) is 35.2 Å². The van der Waals surface area contributed by atoms with E-state index in [1.165, 1.54) is 4.31 Å². The van der Waals surface area contributed by atoms with Crippen molar-refractivity contribution in [2.75, 3.05) is 23.7 Å². The highest BCUT2D eigenvalue weighted by atomic mass is 35.5. The zero-order chi connectivity index (χ0) is 29.1. The molecule has 214 valence electrons. The smallest absolute Gasteiger partial charge is 0.243 e. The van der Waals surface area contributed by atoms with Gasteiger partial charge in [0.2, 0.25) is 21.8 Å². The summed E-state index contributed by atoms with van der Waals surface area (Å²) in [5, 5.41) is 3.94. The van der Waals surface area contributed by atoms with Crippen LogP contribution in [0.25, 0.3) is 0 Å². The molecule has 0 saturated carbocycles. The Kier molecular flexibility index (Phi) is 11.9. The summed E-state index contributed by atoms with van der Waals surface area (Å²) in [7, 11) is -3.60. The van der Waals surface area contributed by atoms with Crippen molar-refractivity contribution in [1.82, 2.24) is 10.2 Å². The number of carbonyl (C=O) groups is 2. The number of rotatable bonds is 14. The summed E-state index contributed by atoms with van der Waals surface area (Å²) in [6, 6.07) is 22.5. The third kappa shape index (κ3) is 9.25. The average Bonchev–Trinajstić information content (AvgIpc) is 2.93. The first-order valence-corrected chi connectivity index (χ1v) is 15.8. The summed E-state index contributed by atoms with van der Waals surface area (Å²) in [5.74, 6) is -0.512. The van der Waals surface area contributed by atoms with Gasteiger partial charge < -0.3 is 10.2 Å². The molecule has 40 heavy (non-hydrogen) atoms. The molecule has 0 fully saturated rings. The Labute approximate surface area is 247 Å². The summed E-state index contributed by atoms with van der Waals surface area (Å²) in [6.07, 6.45) is 2.50. The number of anilines is 1. The van der Waals surface area contributed by atoms with E-state index >= 15 is 0 Å². The van der Waals surface area contributed by atoms with Crippen LogP contribution in [0.2, 0.25) is 10.0 Å². The molecular formula is C30H35Cl2N3O4S. The number of hydrogen-bond donors (Lipinski definition) is 1. The Morgan fingerprint density at radius 2 is 1.57 bits per heavy atom. The van der Waals surface area contributed by atoms with E-state index in [0.717, 1.165) is 23.8 Å². The second-order valence-corrected chi connectivity index (χ2v) is 12.3. The van der Waals surface area contributed by atoms with Crippen LogP contribution in [0.4, 0.5) is 5.69 Å². The first kappa shape index (κ1) is 31.5. The van der Waals surface area contributed by atoms with Crippen LogP contribution in [0.5, 0.6) is 0 Å². The normalized spacial score (nSPS) is 12.0. The third-order valence-electron chi connectivity index (χ3n) is 6.39. The Morgan fingerprint density at radius 1 is 0.925 bits per heavy atom. The molecule has 7 nitrogen and oxygen atoms in total. The number of amides is 2. The summed E-state index contributed by atoms with van der Waals surface area (Å²) in [4.78, 5) is 28.8. The zero-order valence-electron chi connectivity index (χ0n) is 22.7. The maximum absolute atomic E-state index is 13.8. The highest BCUT2D eigenvalue weighted by Crippen LogP contribution is 2.23. The molecule has 1 unspecified atom stereocenters. The standard InChI is InChI=1S/C30H35Cl2N3O4S/c1-3-19-33-30(37)28(21-23-10-5-4-6-11-23)34(22-24-12-7-8-13-27(24)32)29(36)14-9-20-35(40(2,38)39)26-17-15-25(31)16-18-26/h4-8,10-13,15-18,28H,3,9,14,19-22H2,1-2H3,(H,33,37). The van der Waals surface area contributed by atoms with Gasteiger partial charge in [0.15, 0.2) is 0 Å². The van der Waals surface area contributed by atoms with Crippen molar-refractivity contribution in [2.45, 2.75) is 45.2 Å². The minimum Gasteiger partial charge on any atom is -0.354 e. The van der Waals surface area contributed by atoms with Gasteiger partial charge >= 0.3 is 0 Å². The van der Waals surface area contributed by atoms with Crippen molar-refractivity contribution in [1.29, 1.82) is 0 Å². The SMILES string of the molecule is CCCNC(=O)C(Cc1ccccc1)N(Cc1ccccc1Cl)C(=O)CCCN(c1ccc(Cl)cc1)S(C)(=O)=O. The Balaban J connectivity index is 1.87. The van der Waals surface area contributed by atoms with Crippen molar-refractivity contribution in [2.24, 2.45) is 0 Å². The molecule has 0 aromatic heterocycles. The molecule has 2 amide bonds. The van der Waals surface area contributed by atoms with E-state index in [4.69, 9.17) is 23.2 Å². The van der Waals surface area contributed by atoms with Gasteiger partial charge in [-0.25, -0.2) is 8.42 Å². The minimum absolute atomic E-state index is 0.0381. The van der Waals surface area contributed by atoms with Crippen LogP contribution in [-0.2, 0) is 32.6 Å². The molecule has 0 heterocycles. The van der Waals surface area contributed by atoms with Crippen LogP contribution in [0.3, 0.4) is 0 Å². The molecule has 1 atom stereocenters.